The third-order valence-corrected chi connectivity index (χ3v) is 7.40. The van der Waals surface area contributed by atoms with Crippen LogP contribution in [0, 0.1) is 5.92 Å². The summed E-state index contributed by atoms with van der Waals surface area (Å²) >= 11 is 0. The number of benzene rings is 1. The lowest BCUT2D eigenvalue weighted by atomic mass is 9.80. The lowest BCUT2D eigenvalue weighted by molar-refractivity contribution is -0.162. The molecule has 0 aliphatic carbocycles. The molecule has 3 aliphatic rings. The second-order valence-corrected chi connectivity index (χ2v) is 9.47. The van der Waals surface area contributed by atoms with Gasteiger partial charge in [-0.3, -0.25) is 14.5 Å². The predicted molar refractivity (Wildman–Crippen MR) is 130 cm³/mol. The number of fused-ring (bicyclic) bond motifs is 1. The van der Waals surface area contributed by atoms with Gasteiger partial charge in [-0.2, -0.15) is 0 Å². The van der Waals surface area contributed by atoms with E-state index >= 15 is 0 Å². The minimum atomic E-state index is -0.709. The lowest BCUT2D eigenvalue weighted by Gasteiger charge is -2.52. The quantitative estimate of drug-likeness (QED) is 0.649. The van der Waals surface area contributed by atoms with Crippen molar-refractivity contribution in [3.05, 3.63) is 23.8 Å². The Labute approximate surface area is 203 Å². The number of hydrogen-bond donors (Lipinski definition) is 1. The average molecular weight is 480 g/mol. The Hall–Kier alpha value is -1.99. The number of piperazine rings is 1. The van der Waals surface area contributed by atoms with E-state index in [0.29, 0.717) is 32.6 Å². The molecule has 33 heavy (non-hydrogen) atoms. The molecule has 1 N–H and O–H groups in total. The molecule has 7 nitrogen and oxygen atoms in total. The van der Waals surface area contributed by atoms with Gasteiger partial charge in [-0.25, -0.2) is 0 Å². The van der Waals surface area contributed by atoms with Gasteiger partial charge in [0.1, 0.15) is 24.8 Å². The van der Waals surface area contributed by atoms with E-state index in [1.807, 2.05) is 11.0 Å². The fourth-order valence-corrected chi connectivity index (χ4v) is 5.12. The molecule has 8 heteroatoms. The minimum absolute atomic E-state index is 0. The fraction of sp³-hybridized carbons (Fsp3) is 0.680. The lowest BCUT2D eigenvalue weighted by Crippen LogP contribution is -2.73. The third kappa shape index (κ3) is 5.09. The molecule has 2 amide bonds. The van der Waals surface area contributed by atoms with Gasteiger partial charge in [0.05, 0.1) is 0 Å². The first-order chi connectivity index (χ1) is 15.5. The highest BCUT2D eigenvalue weighted by Gasteiger charge is 2.53. The van der Waals surface area contributed by atoms with Crippen LogP contribution in [0.2, 0.25) is 0 Å². The summed E-state index contributed by atoms with van der Waals surface area (Å²) in [4.78, 5) is 31.1. The van der Waals surface area contributed by atoms with Crippen molar-refractivity contribution in [3.63, 3.8) is 0 Å². The predicted octanol–water partition coefficient (Wildman–Crippen LogP) is 3.39. The molecule has 1 aromatic rings. The van der Waals surface area contributed by atoms with Crippen molar-refractivity contribution in [3.8, 4) is 11.5 Å². The van der Waals surface area contributed by atoms with E-state index in [1.165, 1.54) is 5.56 Å². The van der Waals surface area contributed by atoms with Crippen LogP contribution < -0.4 is 14.8 Å². The van der Waals surface area contributed by atoms with E-state index in [-0.39, 0.29) is 30.1 Å². The van der Waals surface area contributed by atoms with E-state index < -0.39 is 11.6 Å². The maximum atomic E-state index is 13.4. The Bertz CT molecular complexity index is 841. The van der Waals surface area contributed by atoms with E-state index in [4.69, 9.17) is 9.47 Å². The molecule has 1 aromatic carbocycles. The molecule has 3 aliphatic heterocycles. The molecule has 3 heterocycles. The van der Waals surface area contributed by atoms with Gasteiger partial charge < -0.3 is 19.7 Å². The van der Waals surface area contributed by atoms with E-state index in [1.54, 1.807) is 0 Å². The second-order valence-electron chi connectivity index (χ2n) is 9.47. The van der Waals surface area contributed by atoms with Crippen LogP contribution in [0.5, 0.6) is 11.5 Å². The molecule has 0 aromatic heterocycles. The monoisotopic (exact) mass is 479 g/mol. The SMILES string of the molecule is CCCCN1C(=O)[C@H](C(C)CC)NC(=O)C12CCN(Cc1ccc3c(c1)OCCO3)CC2.Cl. The maximum absolute atomic E-state index is 13.4. The molecule has 0 saturated carbocycles. The molecule has 4 rings (SSSR count). The molecule has 2 fully saturated rings. The molecular weight excluding hydrogens is 442 g/mol. The van der Waals surface area contributed by atoms with Gasteiger partial charge in [0.2, 0.25) is 11.8 Å². The van der Waals surface area contributed by atoms with Crippen LogP contribution in [0.4, 0.5) is 0 Å². The maximum Gasteiger partial charge on any atom is 0.246 e. The summed E-state index contributed by atoms with van der Waals surface area (Å²) in [6.07, 6.45) is 4.15. The van der Waals surface area contributed by atoms with Gasteiger partial charge in [0, 0.05) is 26.2 Å². The van der Waals surface area contributed by atoms with Gasteiger partial charge in [-0.05, 0) is 42.9 Å². The summed E-state index contributed by atoms with van der Waals surface area (Å²) in [7, 11) is 0. The number of amides is 2. The van der Waals surface area contributed by atoms with Crippen molar-refractivity contribution in [1.29, 1.82) is 0 Å². The molecule has 0 radical (unpaired) electrons. The Morgan fingerprint density at radius 2 is 1.82 bits per heavy atom. The number of rotatable bonds is 7. The summed E-state index contributed by atoms with van der Waals surface area (Å²) in [5, 5.41) is 3.10. The van der Waals surface area contributed by atoms with Crippen molar-refractivity contribution < 1.29 is 19.1 Å². The highest BCUT2D eigenvalue weighted by molar-refractivity contribution is 6.00. The first-order valence-electron chi connectivity index (χ1n) is 12.2. The zero-order valence-corrected chi connectivity index (χ0v) is 20.9. The molecule has 1 spiro atoms. The van der Waals surface area contributed by atoms with Crippen LogP contribution in [-0.2, 0) is 16.1 Å². The number of halogens is 1. The number of carbonyl (C=O) groups is 2. The fourth-order valence-electron chi connectivity index (χ4n) is 5.12. The smallest absolute Gasteiger partial charge is 0.246 e. The number of ether oxygens (including phenoxy) is 2. The number of unbranched alkanes of at least 4 members (excludes halogenated alkanes) is 1. The number of nitrogens with zero attached hydrogens (tertiary/aromatic N) is 2. The Kier molecular flexibility index (Phi) is 8.51. The summed E-state index contributed by atoms with van der Waals surface area (Å²) in [6, 6.07) is 5.72. The number of nitrogens with one attached hydrogen (secondary N) is 1. The van der Waals surface area contributed by atoms with Crippen molar-refractivity contribution in [1.82, 2.24) is 15.1 Å². The molecule has 2 atom stereocenters. The Balaban J connectivity index is 0.00000306. The number of carbonyl (C=O) groups excluding carboxylic acids is 2. The van der Waals surface area contributed by atoms with Crippen LogP contribution in [-0.4, -0.2) is 66.0 Å². The van der Waals surface area contributed by atoms with Crippen LogP contribution >= 0.6 is 12.4 Å². The van der Waals surface area contributed by atoms with Gasteiger partial charge in [0.25, 0.3) is 0 Å². The van der Waals surface area contributed by atoms with Gasteiger partial charge in [-0.15, -0.1) is 12.4 Å². The number of likely N-dealkylation sites (tertiary alicyclic amines) is 1. The topological polar surface area (TPSA) is 71.1 Å². The van der Waals surface area contributed by atoms with E-state index in [0.717, 1.165) is 50.4 Å². The van der Waals surface area contributed by atoms with Gasteiger partial charge in [0.15, 0.2) is 11.5 Å². The molecule has 1 unspecified atom stereocenters. The van der Waals surface area contributed by atoms with Gasteiger partial charge >= 0.3 is 0 Å². The minimum Gasteiger partial charge on any atom is -0.486 e. The first kappa shape index (κ1) is 25.6. The number of piperidine rings is 1. The van der Waals surface area contributed by atoms with Crippen molar-refractivity contribution in [2.45, 2.75) is 71.0 Å². The van der Waals surface area contributed by atoms with Crippen LogP contribution in [0.25, 0.3) is 0 Å². The highest BCUT2D eigenvalue weighted by atomic mass is 35.5. The van der Waals surface area contributed by atoms with Crippen molar-refractivity contribution in [2.75, 3.05) is 32.8 Å². The third-order valence-electron chi connectivity index (χ3n) is 7.40. The highest BCUT2D eigenvalue weighted by Crippen LogP contribution is 2.36. The molecular formula is C25H38ClN3O4. The first-order valence-corrected chi connectivity index (χ1v) is 12.2. The number of hydrogen-bond acceptors (Lipinski definition) is 5. The van der Waals surface area contributed by atoms with Crippen LogP contribution in [0.1, 0.15) is 58.4 Å². The van der Waals surface area contributed by atoms with Crippen LogP contribution in [0.15, 0.2) is 18.2 Å². The van der Waals surface area contributed by atoms with Crippen LogP contribution in [0.3, 0.4) is 0 Å². The summed E-state index contributed by atoms with van der Waals surface area (Å²) in [5.74, 6) is 1.90. The Morgan fingerprint density at radius 3 is 2.48 bits per heavy atom. The summed E-state index contributed by atoms with van der Waals surface area (Å²) < 4.78 is 11.3. The second kappa shape index (κ2) is 11.0. The van der Waals surface area contributed by atoms with Crippen molar-refractivity contribution >= 4 is 24.2 Å². The normalized spacial score (nSPS) is 23.1. The zero-order chi connectivity index (χ0) is 22.7. The van der Waals surface area contributed by atoms with E-state index in [2.05, 4.69) is 43.1 Å². The van der Waals surface area contributed by atoms with Crippen molar-refractivity contribution in [2.24, 2.45) is 5.92 Å². The largest absolute Gasteiger partial charge is 0.486 e. The molecule has 2 saturated heterocycles. The standard InChI is InChI=1S/C25H37N3O4.ClH/c1-4-6-11-28-23(29)22(18(3)5-2)26-24(30)25(28)9-12-27(13-10-25)17-19-7-8-20-21(16-19)32-15-14-31-20;/h7-8,16,18,22H,4-6,9-15,17H2,1-3H3,(H,26,30);1H/t18?,22-;/m0./s1. The van der Waals surface area contributed by atoms with Gasteiger partial charge in [-0.1, -0.05) is 39.7 Å². The molecule has 0 bridgehead atoms. The van der Waals surface area contributed by atoms with E-state index in [9.17, 15) is 9.59 Å². The Morgan fingerprint density at radius 1 is 1.12 bits per heavy atom. The molecule has 184 valence electrons. The summed E-state index contributed by atoms with van der Waals surface area (Å²) in [6.45, 7) is 10.5. The average Bonchev–Trinajstić information content (AvgIpc) is 2.82. The zero-order valence-electron chi connectivity index (χ0n) is 20.1. The summed E-state index contributed by atoms with van der Waals surface area (Å²) in [5.41, 5.74) is 0.466.